The van der Waals surface area contributed by atoms with Crippen LogP contribution in [0.3, 0.4) is 0 Å². The molecule has 0 spiro atoms. The molecule has 5 heteroatoms. The van der Waals surface area contributed by atoms with E-state index in [9.17, 15) is 4.39 Å². The van der Waals surface area contributed by atoms with Gasteiger partial charge in [0.15, 0.2) is 0 Å². The van der Waals surface area contributed by atoms with E-state index >= 15 is 0 Å². The minimum atomic E-state index is -0.383. The van der Waals surface area contributed by atoms with Crippen LogP contribution in [0.25, 0.3) is 5.69 Å². The van der Waals surface area contributed by atoms with Gasteiger partial charge in [-0.3, -0.25) is 4.98 Å². The lowest BCUT2D eigenvalue weighted by atomic mass is 10.1. The van der Waals surface area contributed by atoms with Crippen LogP contribution in [0.5, 0.6) is 0 Å². The van der Waals surface area contributed by atoms with Crippen LogP contribution in [-0.2, 0) is 0 Å². The minimum absolute atomic E-state index is 0.201. The summed E-state index contributed by atoms with van der Waals surface area (Å²) in [5, 5.41) is 7.94. The Labute approximate surface area is 86.8 Å². The average molecular weight is 206 g/mol. The Morgan fingerprint density at radius 1 is 1.27 bits per heavy atom. The Balaban J connectivity index is 2.58. The number of pyridine rings is 1. The molecule has 0 atom stereocenters. The second-order valence-corrected chi connectivity index (χ2v) is 3.53. The minimum Gasteiger partial charge on any atom is -0.256 e. The smallest absolute Gasteiger partial charge is 0.143 e. The van der Waals surface area contributed by atoms with E-state index in [0.717, 1.165) is 5.69 Å². The van der Waals surface area contributed by atoms with Crippen molar-refractivity contribution in [2.75, 3.05) is 0 Å². The van der Waals surface area contributed by atoms with Crippen LogP contribution in [0.15, 0.2) is 24.7 Å². The highest BCUT2D eigenvalue weighted by atomic mass is 19.1. The molecule has 0 bridgehead atoms. The van der Waals surface area contributed by atoms with E-state index in [1.54, 1.807) is 12.4 Å². The lowest BCUT2D eigenvalue weighted by Crippen LogP contribution is -2.07. The van der Waals surface area contributed by atoms with Crippen molar-refractivity contribution in [3.8, 4) is 5.69 Å². The fraction of sp³-hybridized carbons (Fsp3) is 0.300. The van der Waals surface area contributed by atoms with Gasteiger partial charge in [-0.05, 0) is 5.92 Å². The third-order valence-corrected chi connectivity index (χ3v) is 2.05. The fourth-order valence-electron chi connectivity index (χ4n) is 1.38. The molecule has 2 aromatic rings. The van der Waals surface area contributed by atoms with Gasteiger partial charge in [-0.15, -0.1) is 4.80 Å². The molecular weight excluding hydrogens is 195 g/mol. The van der Waals surface area contributed by atoms with Crippen LogP contribution in [-0.4, -0.2) is 20.0 Å². The first-order chi connectivity index (χ1) is 7.18. The molecule has 0 aliphatic rings. The Morgan fingerprint density at radius 3 is 2.53 bits per heavy atom. The first-order valence-electron chi connectivity index (χ1n) is 4.70. The SMILES string of the molecule is CC(C)c1ncc(F)cc1-n1nccn1. The molecule has 2 rings (SSSR count). The zero-order chi connectivity index (χ0) is 10.8. The van der Waals surface area contributed by atoms with E-state index in [0.29, 0.717) is 5.69 Å². The number of hydrogen-bond donors (Lipinski definition) is 0. The molecule has 0 radical (unpaired) electrons. The second-order valence-electron chi connectivity index (χ2n) is 3.53. The predicted molar refractivity (Wildman–Crippen MR) is 53.2 cm³/mol. The fourth-order valence-corrected chi connectivity index (χ4v) is 1.38. The lowest BCUT2D eigenvalue weighted by Gasteiger charge is -2.09. The molecule has 0 aliphatic carbocycles. The maximum absolute atomic E-state index is 13.1. The Bertz CT molecular complexity index is 450. The largest absolute Gasteiger partial charge is 0.256 e. The predicted octanol–water partition coefficient (Wildman–Crippen LogP) is 1.92. The van der Waals surface area contributed by atoms with Gasteiger partial charge in [0, 0.05) is 6.07 Å². The molecule has 4 nitrogen and oxygen atoms in total. The summed E-state index contributed by atoms with van der Waals surface area (Å²) in [7, 11) is 0. The molecule has 15 heavy (non-hydrogen) atoms. The molecule has 0 aromatic carbocycles. The maximum Gasteiger partial charge on any atom is 0.143 e. The summed E-state index contributed by atoms with van der Waals surface area (Å²) in [6, 6.07) is 1.39. The topological polar surface area (TPSA) is 43.6 Å². The third-order valence-electron chi connectivity index (χ3n) is 2.05. The summed E-state index contributed by atoms with van der Waals surface area (Å²) in [6.45, 7) is 3.99. The van der Waals surface area contributed by atoms with Crippen LogP contribution >= 0.6 is 0 Å². The van der Waals surface area contributed by atoms with Crippen molar-refractivity contribution >= 4 is 0 Å². The first-order valence-corrected chi connectivity index (χ1v) is 4.70. The summed E-state index contributed by atoms with van der Waals surface area (Å²) < 4.78 is 13.1. The standard InChI is InChI=1S/C10H11FN4/c1-7(2)10-9(5-8(11)6-12-10)15-13-3-4-14-15/h3-7H,1-2H3. The van der Waals surface area contributed by atoms with Gasteiger partial charge in [-0.1, -0.05) is 13.8 Å². The highest BCUT2D eigenvalue weighted by Crippen LogP contribution is 2.19. The van der Waals surface area contributed by atoms with E-state index in [1.807, 2.05) is 13.8 Å². The van der Waals surface area contributed by atoms with Crippen LogP contribution < -0.4 is 0 Å². The van der Waals surface area contributed by atoms with Gasteiger partial charge < -0.3 is 0 Å². The molecule has 2 heterocycles. The van der Waals surface area contributed by atoms with Crippen LogP contribution in [0.4, 0.5) is 4.39 Å². The van der Waals surface area contributed by atoms with Crippen molar-refractivity contribution in [3.05, 3.63) is 36.2 Å². The molecule has 0 saturated heterocycles. The van der Waals surface area contributed by atoms with Gasteiger partial charge in [0.1, 0.15) is 11.5 Å². The molecule has 0 fully saturated rings. The van der Waals surface area contributed by atoms with Gasteiger partial charge in [0.2, 0.25) is 0 Å². The van der Waals surface area contributed by atoms with Crippen molar-refractivity contribution in [3.63, 3.8) is 0 Å². The number of hydrogen-bond acceptors (Lipinski definition) is 3. The highest BCUT2D eigenvalue weighted by molar-refractivity contribution is 5.36. The van der Waals surface area contributed by atoms with Crippen LogP contribution in [0.2, 0.25) is 0 Å². The monoisotopic (exact) mass is 206 g/mol. The number of aromatic nitrogens is 4. The van der Waals surface area contributed by atoms with E-state index < -0.39 is 0 Å². The van der Waals surface area contributed by atoms with E-state index in [-0.39, 0.29) is 11.7 Å². The molecular formula is C10H11FN4. The van der Waals surface area contributed by atoms with Crippen LogP contribution in [0, 0.1) is 5.82 Å². The van der Waals surface area contributed by atoms with E-state index in [4.69, 9.17) is 0 Å². The Morgan fingerprint density at radius 2 is 1.93 bits per heavy atom. The molecule has 0 unspecified atom stereocenters. The molecule has 2 aromatic heterocycles. The van der Waals surface area contributed by atoms with Crippen molar-refractivity contribution in [1.82, 2.24) is 20.0 Å². The van der Waals surface area contributed by atoms with Gasteiger partial charge in [-0.2, -0.15) is 10.2 Å². The number of halogens is 1. The van der Waals surface area contributed by atoms with Gasteiger partial charge >= 0.3 is 0 Å². The van der Waals surface area contributed by atoms with Crippen molar-refractivity contribution in [2.45, 2.75) is 19.8 Å². The molecule has 0 amide bonds. The third kappa shape index (κ3) is 1.86. The van der Waals surface area contributed by atoms with Gasteiger partial charge in [0.25, 0.3) is 0 Å². The lowest BCUT2D eigenvalue weighted by molar-refractivity contribution is 0.607. The van der Waals surface area contributed by atoms with Crippen molar-refractivity contribution < 1.29 is 4.39 Å². The van der Waals surface area contributed by atoms with Gasteiger partial charge in [-0.25, -0.2) is 4.39 Å². The number of nitrogens with zero attached hydrogens (tertiary/aromatic N) is 4. The zero-order valence-corrected chi connectivity index (χ0v) is 8.55. The van der Waals surface area contributed by atoms with E-state index in [2.05, 4.69) is 15.2 Å². The van der Waals surface area contributed by atoms with Crippen LogP contribution in [0.1, 0.15) is 25.5 Å². The second kappa shape index (κ2) is 3.76. The van der Waals surface area contributed by atoms with Crippen molar-refractivity contribution in [2.24, 2.45) is 0 Å². The summed E-state index contributed by atoms with van der Waals surface area (Å²) >= 11 is 0. The Hall–Kier alpha value is -1.78. The quantitative estimate of drug-likeness (QED) is 0.754. The molecule has 0 N–H and O–H groups in total. The summed E-state index contributed by atoms with van der Waals surface area (Å²) in [6.07, 6.45) is 4.31. The van der Waals surface area contributed by atoms with Crippen molar-refractivity contribution in [1.29, 1.82) is 0 Å². The zero-order valence-electron chi connectivity index (χ0n) is 8.55. The van der Waals surface area contributed by atoms with E-state index in [1.165, 1.54) is 17.1 Å². The summed E-state index contributed by atoms with van der Waals surface area (Å²) in [5.74, 6) is -0.182. The number of rotatable bonds is 2. The summed E-state index contributed by atoms with van der Waals surface area (Å²) in [4.78, 5) is 5.44. The summed E-state index contributed by atoms with van der Waals surface area (Å²) in [5.41, 5.74) is 1.38. The molecule has 0 aliphatic heterocycles. The molecule has 0 saturated carbocycles. The average Bonchev–Trinajstić information content (AvgIpc) is 2.69. The first kappa shape index (κ1) is 9.76. The maximum atomic E-state index is 13.1. The Kier molecular flexibility index (Phi) is 2.45. The highest BCUT2D eigenvalue weighted by Gasteiger charge is 2.12. The normalized spacial score (nSPS) is 10.9. The van der Waals surface area contributed by atoms with Gasteiger partial charge in [0.05, 0.1) is 24.3 Å². The molecule has 78 valence electrons.